The summed E-state index contributed by atoms with van der Waals surface area (Å²) in [4.78, 5) is 59.4. The Morgan fingerprint density at radius 2 is 1.74 bits per heavy atom. The third-order valence-electron chi connectivity index (χ3n) is 11.3. The molecule has 322 valence electrons. The number of carbonyl (C=O) groups excluding carboxylic acids is 2. The van der Waals surface area contributed by atoms with Gasteiger partial charge in [-0.15, -0.1) is 5.10 Å². The van der Waals surface area contributed by atoms with Gasteiger partial charge >= 0.3 is 6.18 Å². The van der Waals surface area contributed by atoms with E-state index < -0.39 is 35.4 Å². The predicted molar refractivity (Wildman–Crippen MR) is 225 cm³/mol. The summed E-state index contributed by atoms with van der Waals surface area (Å²) in [5, 5.41) is 7.06. The number of rotatable bonds is 10. The van der Waals surface area contributed by atoms with Crippen LogP contribution in [0, 0.1) is 13.8 Å². The number of amides is 2. The van der Waals surface area contributed by atoms with Gasteiger partial charge in [-0.05, 0) is 80.6 Å². The van der Waals surface area contributed by atoms with Gasteiger partial charge in [-0.2, -0.15) is 22.7 Å². The van der Waals surface area contributed by atoms with Crippen LogP contribution in [-0.2, 0) is 47.5 Å². The van der Waals surface area contributed by atoms with Gasteiger partial charge < -0.3 is 29.2 Å². The zero-order chi connectivity index (χ0) is 44.1. The number of aryl methyl sites for hydroxylation is 2. The maximum Gasteiger partial charge on any atom is 0.416 e. The van der Waals surface area contributed by atoms with E-state index in [1.54, 1.807) is 16.4 Å². The average molecular weight is 870 g/mol. The number of hydrogen-bond acceptors (Lipinski definition) is 10. The number of hydrogen-bond donors (Lipinski definition) is 1. The number of piperazine rings is 1. The first kappa shape index (κ1) is 42.4. The Labute approximate surface area is 359 Å². The van der Waals surface area contributed by atoms with Crippen LogP contribution in [-0.4, -0.2) is 72.0 Å². The molecular formula is C44H43ClF3N9O5. The molecule has 18 heteroatoms. The van der Waals surface area contributed by atoms with Gasteiger partial charge in [0.05, 0.1) is 39.9 Å². The Balaban J connectivity index is 1.13. The van der Waals surface area contributed by atoms with Crippen LogP contribution in [0.3, 0.4) is 0 Å². The molecule has 2 amide bonds. The second-order valence-corrected chi connectivity index (χ2v) is 16.1. The van der Waals surface area contributed by atoms with Gasteiger partial charge in [-0.1, -0.05) is 54.9 Å². The van der Waals surface area contributed by atoms with Crippen LogP contribution < -0.4 is 20.5 Å². The molecule has 0 atom stereocenters. The van der Waals surface area contributed by atoms with E-state index >= 15 is 0 Å². The number of nitrogens with zero attached hydrogens (tertiary/aromatic N) is 8. The Hall–Kier alpha value is -6.33. The molecule has 0 radical (unpaired) electrons. The Morgan fingerprint density at radius 1 is 1.00 bits per heavy atom. The Bertz CT molecular complexity index is 2780. The molecule has 62 heavy (non-hydrogen) atoms. The lowest BCUT2D eigenvalue weighted by Gasteiger charge is -2.36. The largest absolute Gasteiger partial charge is 0.485 e. The summed E-state index contributed by atoms with van der Waals surface area (Å²) >= 11 is 6.21. The lowest BCUT2D eigenvalue weighted by atomic mass is 9.92. The zero-order valence-corrected chi connectivity index (χ0v) is 35.4. The van der Waals surface area contributed by atoms with E-state index in [-0.39, 0.29) is 84.6 Å². The quantitative estimate of drug-likeness (QED) is 0.151. The van der Waals surface area contributed by atoms with E-state index in [9.17, 15) is 27.6 Å². The highest BCUT2D eigenvalue weighted by Gasteiger charge is 2.34. The van der Waals surface area contributed by atoms with Crippen molar-refractivity contribution in [3.63, 3.8) is 0 Å². The Kier molecular flexibility index (Phi) is 11.3. The highest BCUT2D eigenvalue weighted by molar-refractivity contribution is 6.33. The summed E-state index contributed by atoms with van der Waals surface area (Å²) in [5.41, 5.74) is 3.92. The molecule has 0 spiro atoms. The van der Waals surface area contributed by atoms with Crippen LogP contribution in [0.2, 0.25) is 5.02 Å². The van der Waals surface area contributed by atoms with Crippen molar-refractivity contribution < 1.29 is 32.2 Å². The monoisotopic (exact) mass is 869 g/mol. The van der Waals surface area contributed by atoms with Crippen molar-refractivity contribution in [3.8, 4) is 17.1 Å². The second-order valence-electron chi connectivity index (χ2n) is 15.7. The number of anilines is 2. The minimum absolute atomic E-state index is 0.0191. The number of benzene rings is 3. The summed E-state index contributed by atoms with van der Waals surface area (Å²) in [6, 6.07) is 16.2. The number of ether oxygens (including phenoxy) is 2. The first-order valence-electron chi connectivity index (χ1n) is 20.0. The standard InChI is InChI=1S/C44H43ClF3N9O5/c1-6-34-37(54-14-16-55(17-15-54)40(59)36-38(26(3)49-24-50-36)61-22-27-10-8-7-9-11-27)41(60)57-42(52-39(53-57)30-19-28-23-62-43(4,5)31(28)18-25(30)2)56(34)21-35(58)51-33-13-12-29(20-32(33)45)44(46,47)48/h7-13,18-20,24H,6,14-17,21-23H2,1-5H3,(H,51,58). The topological polar surface area (TPSA) is 149 Å². The zero-order valence-electron chi connectivity index (χ0n) is 34.6. The van der Waals surface area contributed by atoms with Crippen molar-refractivity contribution >= 4 is 40.6 Å². The molecule has 0 saturated carbocycles. The van der Waals surface area contributed by atoms with E-state index in [1.807, 2.05) is 75.1 Å². The number of fused-ring (bicyclic) bond motifs is 2. The third kappa shape index (κ3) is 8.09. The molecule has 0 bridgehead atoms. The molecule has 2 aliphatic rings. The molecule has 0 aliphatic carbocycles. The number of nitrogens with one attached hydrogen (secondary N) is 1. The van der Waals surface area contributed by atoms with Crippen LogP contribution >= 0.6 is 11.6 Å². The van der Waals surface area contributed by atoms with E-state index in [0.29, 0.717) is 23.6 Å². The average Bonchev–Trinajstić information content (AvgIpc) is 3.82. The number of aromatic nitrogens is 6. The third-order valence-corrected chi connectivity index (χ3v) is 11.6. The number of alkyl halides is 3. The smallest absolute Gasteiger partial charge is 0.416 e. The SMILES string of the molecule is CCc1c(N2CCN(C(=O)c3ncnc(C)c3OCc3ccccc3)CC2)c(=O)n2nc(-c3cc4c(cc3C)C(C)(C)OC4)nc2n1CC(=O)Nc1ccc(C(F)(F)F)cc1Cl. The van der Waals surface area contributed by atoms with E-state index in [2.05, 4.69) is 15.3 Å². The minimum Gasteiger partial charge on any atom is -0.485 e. The van der Waals surface area contributed by atoms with Crippen molar-refractivity contribution in [2.75, 3.05) is 36.4 Å². The highest BCUT2D eigenvalue weighted by atomic mass is 35.5. The van der Waals surface area contributed by atoms with E-state index in [4.69, 9.17) is 31.2 Å². The van der Waals surface area contributed by atoms with Gasteiger partial charge in [0.25, 0.3) is 11.5 Å². The summed E-state index contributed by atoms with van der Waals surface area (Å²) < 4.78 is 55.0. The van der Waals surface area contributed by atoms with Gasteiger partial charge in [0.1, 0.15) is 25.2 Å². The van der Waals surface area contributed by atoms with Gasteiger partial charge in [0, 0.05) is 31.7 Å². The van der Waals surface area contributed by atoms with Crippen LogP contribution in [0.25, 0.3) is 17.2 Å². The van der Waals surface area contributed by atoms with Gasteiger partial charge in [-0.3, -0.25) is 14.4 Å². The second kappa shape index (κ2) is 16.5. The first-order valence-corrected chi connectivity index (χ1v) is 20.4. The van der Waals surface area contributed by atoms with Crippen LogP contribution in [0.5, 0.6) is 5.75 Å². The summed E-state index contributed by atoms with van der Waals surface area (Å²) in [5.74, 6) is -0.340. The summed E-state index contributed by atoms with van der Waals surface area (Å²) in [6.07, 6.45) is -3.02. The molecule has 14 nitrogen and oxygen atoms in total. The molecule has 1 N–H and O–H groups in total. The summed E-state index contributed by atoms with van der Waals surface area (Å²) in [6.45, 7) is 10.7. The van der Waals surface area contributed by atoms with E-state index in [1.165, 1.54) is 10.8 Å². The predicted octanol–water partition coefficient (Wildman–Crippen LogP) is 7.14. The molecule has 1 fully saturated rings. The van der Waals surface area contributed by atoms with Crippen molar-refractivity contribution in [2.24, 2.45) is 0 Å². The first-order chi connectivity index (χ1) is 29.5. The summed E-state index contributed by atoms with van der Waals surface area (Å²) in [7, 11) is 0. The molecule has 2 aliphatic heterocycles. The number of carbonyl (C=O) groups is 2. The van der Waals surface area contributed by atoms with Crippen molar-refractivity contribution in [1.82, 2.24) is 34.0 Å². The maximum absolute atomic E-state index is 14.7. The van der Waals surface area contributed by atoms with Gasteiger partial charge in [0.2, 0.25) is 11.7 Å². The van der Waals surface area contributed by atoms with Crippen molar-refractivity contribution in [3.05, 3.63) is 127 Å². The lowest BCUT2D eigenvalue weighted by molar-refractivity contribution is -0.137. The van der Waals surface area contributed by atoms with Crippen molar-refractivity contribution in [2.45, 2.75) is 72.6 Å². The van der Waals surface area contributed by atoms with Crippen LogP contribution in [0.1, 0.15) is 70.5 Å². The molecule has 5 heterocycles. The fourth-order valence-corrected chi connectivity index (χ4v) is 8.21. The van der Waals surface area contributed by atoms with Crippen LogP contribution in [0.4, 0.5) is 24.5 Å². The maximum atomic E-state index is 14.7. The molecule has 3 aromatic carbocycles. The van der Waals surface area contributed by atoms with Crippen LogP contribution in [0.15, 0.2) is 71.8 Å². The lowest BCUT2D eigenvalue weighted by Crippen LogP contribution is -2.51. The fourth-order valence-electron chi connectivity index (χ4n) is 7.98. The molecule has 6 aromatic rings. The molecular weight excluding hydrogens is 827 g/mol. The molecule has 3 aromatic heterocycles. The molecule has 8 rings (SSSR count). The van der Waals surface area contributed by atoms with Gasteiger partial charge in [0.15, 0.2) is 17.3 Å². The van der Waals surface area contributed by atoms with E-state index in [0.717, 1.165) is 40.5 Å². The Morgan fingerprint density at radius 3 is 2.44 bits per heavy atom. The fraction of sp³-hybridized carbons (Fsp3) is 0.341. The number of halogens is 4. The molecule has 0 unspecified atom stereocenters. The minimum atomic E-state index is -4.63. The molecule has 1 saturated heterocycles. The normalized spacial score (nSPS) is 14.9. The van der Waals surface area contributed by atoms with Crippen molar-refractivity contribution in [1.29, 1.82) is 0 Å². The highest BCUT2D eigenvalue weighted by Crippen LogP contribution is 2.39. The van der Waals surface area contributed by atoms with Gasteiger partial charge in [-0.25, -0.2) is 9.97 Å².